The van der Waals surface area contributed by atoms with E-state index in [4.69, 9.17) is 9.90 Å². The van der Waals surface area contributed by atoms with E-state index >= 15 is 0 Å². The molecule has 1 atom stereocenters. The van der Waals surface area contributed by atoms with Crippen LogP contribution in [0.4, 0.5) is 13.2 Å². The first-order valence-corrected chi connectivity index (χ1v) is 10.8. The molecule has 2 aliphatic heterocycles. The summed E-state index contributed by atoms with van der Waals surface area (Å²) >= 11 is 0. The van der Waals surface area contributed by atoms with Crippen LogP contribution in [-0.4, -0.2) is 75.0 Å². The molecule has 1 N–H and O–H groups in total. The molecule has 2 amide bonds. The van der Waals surface area contributed by atoms with Gasteiger partial charge in [-0.2, -0.15) is 13.2 Å². The van der Waals surface area contributed by atoms with Gasteiger partial charge in [-0.1, -0.05) is 12.1 Å². The zero-order valence-corrected chi connectivity index (χ0v) is 18.4. The molecule has 0 aliphatic carbocycles. The molecule has 0 bridgehead atoms. The molecule has 2 aromatic heterocycles. The summed E-state index contributed by atoms with van der Waals surface area (Å²) in [6.45, 7) is 2.98. The van der Waals surface area contributed by atoms with Crippen LogP contribution in [0.25, 0.3) is 0 Å². The maximum absolute atomic E-state index is 12.8. The molecular formula is C23H25F3N4O4. The van der Waals surface area contributed by atoms with Gasteiger partial charge in [0.1, 0.15) is 5.69 Å². The minimum absolute atomic E-state index is 0.00807. The van der Waals surface area contributed by atoms with Gasteiger partial charge in [0.15, 0.2) is 0 Å². The Bertz CT molecular complexity index is 1000. The number of rotatable bonds is 3. The van der Waals surface area contributed by atoms with Gasteiger partial charge in [-0.15, -0.1) is 0 Å². The Morgan fingerprint density at radius 1 is 1.00 bits per heavy atom. The molecule has 0 saturated carbocycles. The second kappa shape index (κ2) is 10.6. The Morgan fingerprint density at radius 2 is 1.74 bits per heavy atom. The number of carbonyl (C=O) groups excluding carboxylic acids is 2. The number of aromatic nitrogens is 2. The molecular weight excluding hydrogens is 453 g/mol. The van der Waals surface area contributed by atoms with Crippen LogP contribution in [0.5, 0.6) is 0 Å². The SMILES string of the molecule is O=C(Cc1cccnc1)N1CCCC2(CCN(C(=O)c3ccccn3)C2)C1.O=C(O)C(F)(F)F. The summed E-state index contributed by atoms with van der Waals surface area (Å²) in [5.74, 6) is -2.62. The number of aliphatic carboxylic acids is 1. The van der Waals surface area contributed by atoms with Crippen molar-refractivity contribution in [3.05, 3.63) is 60.2 Å². The number of carboxylic acid groups (broad SMARTS) is 1. The molecule has 4 rings (SSSR count). The van der Waals surface area contributed by atoms with E-state index in [0.29, 0.717) is 18.7 Å². The number of likely N-dealkylation sites (tertiary alicyclic amines) is 2. The first kappa shape index (κ1) is 25.1. The smallest absolute Gasteiger partial charge is 0.475 e. The topological polar surface area (TPSA) is 104 Å². The summed E-state index contributed by atoms with van der Waals surface area (Å²) in [6, 6.07) is 9.21. The Balaban J connectivity index is 0.000000406. The van der Waals surface area contributed by atoms with Crippen LogP contribution in [0, 0.1) is 5.41 Å². The zero-order chi connectivity index (χ0) is 24.8. The van der Waals surface area contributed by atoms with Gasteiger partial charge in [0.2, 0.25) is 5.91 Å². The predicted molar refractivity (Wildman–Crippen MR) is 115 cm³/mol. The highest BCUT2D eigenvalue weighted by molar-refractivity contribution is 5.92. The fourth-order valence-corrected chi connectivity index (χ4v) is 4.30. The number of piperidine rings is 1. The fourth-order valence-electron chi connectivity index (χ4n) is 4.30. The average Bonchev–Trinajstić information content (AvgIpc) is 3.22. The normalized spacial score (nSPS) is 20.0. The fraction of sp³-hybridized carbons (Fsp3) is 0.435. The molecule has 0 aromatic carbocycles. The largest absolute Gasteiger partial charge is 0.490 e. The molecule has 182 valence electrons. The van der Waals surface area contributed by atoms with Crippen molar-refractivity contribution < 1.29 is 32.7 Å². The van der Waals surface area contributed by atoms with Gasteiger partial charge in [0.05, 0.1) is 6.42 Å². The first-order chi connectivity index (χ1) is 16.1. The minimum Gasteiger partial charge on any atom is -0.475 e. The third kappa shape index (κ3) is 6.52. The van der Waals surface area contributed by atoms with Crippen molar-refractivity contribution in [2.75, 3.05) is 26.2 Å². The van der Waals surface area contributed by atoms with Crippen molar-refractivity contribution in [1.29, 1.82) is 0 Å². The van der Waals surface area contributed by atoms with Gasteiger partial charge in [-0.05, 0) is 43.0 Å². The molecule has 2 fully saturated rings. The predicted octanol–water partition coefficient (Wildman–Crippen LogP) is 2.81. The Kier molecular flexibility index (Phi) is 7.85. The van der Waals surface area contributed by atoms with E-state index in [1.807, 2.05) is 34.1 Å². The molecule has 1 spiro atoms. The molecule has 0 radical (unpaired) electrons. The van der Waals surface area contributed by atoms with Crippen LogP contribution in [-0.2, 0) is 16.0 Å². The van der Waals surface area contributed by atoms with Gasteiger partial charge in [-0.3, -0.25) is 19.6 Å². The molecule has 34 heavy (non-hydrogen) atoms. The number of pyridine rings is 2. The average molecular weight is 478 g/mol. The van der Waals surface area contributed by atoms with E-state index in [2.05, 4.69) is 9.97 Å². The third-order valence-corrected chi connectivity index (χ3v) is 5.94. The van der Waals surface area contributed by atoms with Crippen molar-refractivity contribution in [1.82, 2.24) is 19.8 Å². The lowest BCUT2D eigenvalue weighted by molar-refractivity contribution is -0.192. The molecule has 11 heteroatoms. The molecule has 2 aliphatic rings. The van der Waals surface area contributed by atoms with Crippen molar-refractivity contribution in [3.63, 3.8) is 0 Å². The maximum Gasteiger partial charge on any atom is 0.490 e. The van der Waals surface area contributed by atoms with Crippen LogP contribution >= 0.6 is 0 Å². The second-order valence-corrected chi connectivity index (χ2v) is 8.45. The minimum atomic E-state index is -5.08. The van der Waals surface area contributed by atoms with Crippen molar-refractivity contribution in [3.8, 4) is 0 Å². The van der Waals surface area contributed by atoms with E-state index in [1.165, 1.54) is 0 Å². The highest BCUT2D eigenvalue weighted by Gasteiger charge is 2.44. The summed E-state index contributed by atoms with van der Waals surface area (Å²) in [7, 11) is 0. The number of hydrogen-bond acceptors (Lipinski definition) is 5. The lowest BCUT2D eigenvalue weighted by Crippen LogP contribution is -2.48. The van der Waals surface area contributed by atoms with Gasteiger partial charge < -0.3 is 14.9 Å². The van der Waals surface area contributed by atoms with Crippen molar-refractivity contribution >= 4 is 17.8 Å². The summed E-state index contributed by atoms with van der Waals surface area (Å²) < 4.78 is 31.7. The van der Waals surface area contributed by atoms with Gasteiger partial charge in [0, 0.05) is 50.2 Å². The van der Waals surface area contributed by atoms with E-state index in [9.17, 15) is 22.8 Å². The molecule has 2 aromatic rings. The molecule has 1 unspecified atom stereocenters. The number of alkyl halides is 3. The number of halogens is 3. The van der Waals surface area contributed by atoms with Crippen LogP contribution in [0.15, 0.2) is 48.9 Å². The first-order valence-electron chi connectivity index (χ1n) is 10.8. The van der Waals surface area contributed by atoms with Gasteiger partial charge in [0.25, 0.3) is 5.91 Å². The van der Waals surface area contributed by atoms with Gasteiger partial charge >= 0.3 is 12.1 Å². The monoisotopic (exact) mass is 478 g/mol. The van der Waals surface area contributed by atoms with E-state index < -0.39 is 12.1 Å². The number of nitrogens with zero attached hydrogens (tertiary/aromatic N) is 4. The van der Waals surface area contributed by atoms with Crippen LogP contribution < -0.4 is 0 Å². The Hall–Kier alpha value is -3.50. The van der Waals surface area contributed by atoms with Crippen LogP contribution in [0.3, 0.4) is 0 Å². The Labute approximate surface area is 194 Å². The number of hydrogen-bond donors (Lipinski definition) is 1. The third-order valence-electron chi connectivity index (χ3n) is 5.94. The van der Waals surface area contributed by atoms with E-state index in [-0.39, 0.29) is 17.2 Å². The summed E-state index contributed by atoms with van der Waals surface area (Å²) in [5, 5.41) is 7.12. The van der Waals surface area contributed by atoms with Crippen LogP contribution in [0.1, 0.15) is 35.3 Å². The van der Waals surface area contributed by atoms with Crippen molar-refractivity contribution in [2.45, 2.75) is 31.9 Å². The standard InChI is InChI=1S/C21H24N4O2.C2HF3O2/c26-19(13-17-5-3-9-22-14-17)24-11-4-7-21(15-24)8-12-25(16-21)20(27)18-6-1-2-10-23-18;3-2(4,5)1(6)7/h1-3,5-6,9-10,14H,4,7-8,11-13,15-16H2;(H,6,7). The summed E-state index contributed by atoms with van der Waals surface area (Å²) in [5.41, 5.74) is 1.46. The zero-order valence-electron chi connectivity index (χ0n) is 18.4. The molecule has 8 nitrogen and oxygen atoms in total. The number of amides is 2. The maximum atomic E-state index is 12.8. The quantitative estimate of drug-likeness (QED) is 0.728. The summed E-state index contributed by atoms with van der Waals surface area (Å²) in [4.78, 5) is 46.5. The second-order valence-electron chi connectivity index (χ2n) is 8.45. The highest BCUT2D eigenvalue weighted by atomic mass is 19.4. The van der Waals surface area contributed by atoms with Crippen LogP contribution in [0.2, 0.25) is 0 Å². The lowest BCUT2D eigenvalue weighted by Gasteiger charge is -2.40. The summed E-state index contributed by atoms with van der Waals surface area (Å²) in [6.07, 6.45) is 3.43. The number of carboxylic acids is 1. The lowest BCUT2D eigenvalue weighted by atomic mass is 9.79. The van der Waals surface area contributed by atoms with Crippen molar-refractivity contribution in [2.24, 2.45) is 5.41 Å². The molecule has 2 saturated heterocycles. The van der Waals surface area contributed by atoms with E-state index in [1.54, 1.807) is 24.7 Å². The number of carbonyl (C=O) groups is 3. The van der Waals surface area contributed by atoms with Gasteiger partial charge in [-0.25, -0.2) is 4.79 Å². The van der Waals surface area contributed by atoms with E-state index in [0.717, 1.165) is 44.5 Å². The highest BCUT2D eigenvalue weighted by Crippen LogP contribution is 2.39. The Morgan fingerprint density at radius 3 is 2.35 bits per heavy atom. The molecule has 4 heterocycles.